The van der Waals surface area contributed by atoms with Gasteiger partial charge < -0.3 is 5.73 Å². The molecule has 0 atom stereocenters. The highest BCUT2D eigenvalue weighted by Crippen LogP contribution is 2.29. The molecule has 2 aromatic rings. The van der Waals surface area contributed by atoms with Crippen LogP contribution in [0, 0.1) is 0 Å². The minimum Gasteiger partial charge on any atom is -0.397 e. The predicted octanol–water partition coefficient (Wildman–Crippen LogP) is 2.91. The molecule has 0 amide bonds. The molecule has 0 unspecified atom stereocenters. The second-order valence-corrected chi connectivity index (χ2v) is 5.21. The summed E-state index contributed by atoms with van der Waals surface area (Å²) in [6.07, 6.45) is 2.57. The molecule has 18 heavy (non-hydrogen) atoms. The summed E-state index contributed by atoms with van der Waals surface area (Å²) in [6.45, 7) is 2.04. The summed E-state index contributed by atoms with van der Waals surface area (Å²) in [5.41, 5.74) is 8.48. The lowest BCUT2D eigenvalue weighted by Crippen LogP contribution is -1.98. The third-order valence-electron chi connectivity index (χ3n) is 2.65. The van der Waals surface area contributed by atoms with Gasteiger partial charge >= 0.3 is 0 Å². The zero-order valence-electron chi connectivity index (χ0n) is 10.4. The number of aryl methyl sites for hydroxylation is 2. The molecule has 0 aromatic carbocycles. The number of hydrogen-bond acceptors (Lipinski definition) is 4. The van der Waals surface area contributed by atoms with Crippen molar-refractivity contribution >= 4 is 29.1 Å². The van der Waals surface area contributed by atoms with Crippen LogP contribution in [0.5, 0.6) is 0 Å². The third kappa shape index (κ3) is 2.62. The first kappa shape index (κ1) is 13.2. The van der Waals surface area contributed by atoms with Crippen LogP contribution in [-0.4, -0.2) is 14.8 Å². The lowest BCUT2D eigenvalue weighted by atomic mass is 10.3. The number of nitrogen functional groups attached to an aromatic ring is 1. The zero-order chi connectivity index (χ0) is 13.1. The van der Waals surface area contributed by atoms with Gasteiger partial charge in [-0.3, -0.25) is 4.68 Å². The minimum absolute atomic E-state index is 0.691. The number of thioether (sulfide) groups is 1. The van der Waals surface area contributed by atoms with E-state index in [0.29, 0.717) is 11.4 Å². The molecule has 2 N–H and O–H groups in total. The molecule has 0 saturated carbocycles. The van der Waals surface area contributed by atoms with Crippen LogP contribution in [0.3, 0.4) is 0 Å². The third-order valence-corrected chi connectivity index (χ3v) is 4.12. The van der Waals surface area contributed by atoms with E-state index in [1.54, 1.807) is 18.0 Å². The molecule has 0 bridgehead atoms. The van der Waals surface area contributed by atoms with Crippen molar-refractivity contribution in [3.63, 3.8) is 0 Å². The maximum absolute atomic E-state index is 6.29. The van der Waals surface area contributed by atoms with Crippen LogP contribution in [0.1, 0.15) is 18.3 Å². The van der Waals surface area contributed by atoms with Crippen LogP contribution in [0.4, 0.5) is 5.69 Å². The first-order chi connectivity index (χ1) is 8.63. The van der Waals surface area contributed by atoms with Crippen molar-refractivity contribution < 1.29 is 0 Å². The molecule has 0 aliphatic carbocycles. The minimum atomic E-state index is 0.691. The number of halogens is 1. The number of rotatable bonds is 4. The van der Waals surface area contributed by atoms with Crippen molar-refractivity contribution in [3.8, 4) is 0 Å². The van der Waals surface area contributed by atoms with E-state index in [4.69, 9.17) is 17.3 Å². The first-order valence-corrected chi connectivity index (χ1v) is 7.03. The molecule has 2 rings (SSSR count). The van der Waals surface area contributed by atoms with Gasteiger partial charge in [-0.15, -0.1) is 0 Å². The summed E-state index contributed by atoms with van der Waals surface area (Å²) in [5, 5.41) is 5.96. The zero-order valence-corrected chi connectivity index (χ0v) is 11.9. The Hall–Kier alpha value is -1.20. The van der Waals surface area contributed by atoms with E-state index in [9.17, 15) is 0 Å². The van der Waals surface area contributed by atoms with Crippen molar-refractivity contribution in [2.45, 2.75) is 24.1 Å². The van der Waals surface area contributed by atoms with Gasteiger partial charge in [0.25, 0.3) is 0 Å². The number of aromatic nitrogens is 3. The highest BCUT2D eigenvalue weighted by atomic mass is 35.5. The lowest BCUT2D eigenvalue weighted by Gasteiger charge is -2.04. The molecular formula is C12H15ClN4S. The molecule has 4 nitrogen and oxygen atoms in total. The van der Waals surface area contributed by atoms with Crippen LogP contribution in [0.2, 0.25) is 5.02 Å². The van der Waals surface area contributed by atoms with Crippen molar-refractivity contribution in [3.05, 3.63) is 34.7 Å². The van der Waals surface area contributed by atoms with Crippen molar-refractivity contribution in [1.82, 2.24) is 14.8 Å². The highest BCUT2D eigenvalue weighted by molar-refractivity contribution is 7.98. The number of hydrogen-bond donors (Lipinski definition) is 1. The normalized spacial score (nSPS) is 10.8. The van der Waals surface area contributed by atoms with Crippen molar-refractivity contribution in [2.24, 2.45) is 7.05 Å². The van der Waals surface area contributed by atoms with E-state index in [-0.39, 0.29) is 0 Å². The fourth-order valence-corrected chi connectivity index (χ4v) is 3.05. The molecule has 6 heteroatoms. The molecule has 0 spiro atoms. The van der Waals surface area contributed by atoms with Crippen LogP contribution in [0.25, 0.3) is 0 Å². The van der Waals surface area contributed by atoms with Gasteiger partial charge in [-0.25, -0.2) is 4.98 Å². The second-order valence-electron chi connectivity index (χ2n) is 3.87. The summed E-state index contributed by atoms with van der Waals surface area (Å²) in [4.78, 5) is 4.24. The first-order valence-electron chi connectivity index (χ1n) is 5.67. The molecule has 0 aliphatic rings. The van der Waals surface area contributed by atoms with E-state index < -0.39 is 0 Å². The maximum atomic E-state index is 6.29. The fourth-order valence-electron chi connectivity index (χ4n) is 1.64. The Morgan fingerprint density at radius 1 is 1.50 bits per heavy atom. The van der Waals surface area contributed by atoms with Gasteiger partial charge in [-0.2, -0.15) is 5.10 Å². The van der Waals surface area contributed by atoms with Crippen LogP contribution in [0.15, 0.2) is 23.4 Å². The number of nitrogens with zero attached hydrogens (tertiary/aromatic N) is 3. The van der Waals surface area contributed by atoms with Gasteiger partial charge in [-0.05, 0) is 18.6 Å². The van der Waals surface area contributed by atoms with Crippen molar-refractivity contribution in [2.75, 3.05) is 5.73 Å². The average molecular weight is 283 g/mol. The standard InChI is InChI=1S/C12H15ClN4S/c1-3-9-11(13)10(17(2)16-9)7-18-12-8(14)5-4-6-15-12/h4-6H,3,7,14H2,1-2H3. The Morgan fingerprint density at radius 3 is 2.89 bits per heavy atom. The van der Waals surface area contributed by atoms with Crippen LogP contribution < -0.4 is 5.73 Å². The number of anilines is 1. The van der Waals surface area contributed by atoms with Gasteiger partial charge in [0.05, 0.1) is 22.1 Å². The van der Waals surface area contributed by atoms with Crippen molar-refractivity contribution in [1.29, 1.82) is 0 Å². The Balaban J connectivity index is 2.16. The van der Waals surface area contributed by atoms with Gasteiger partial charge in [-0.1, -0.05) is 30.3 Å². The summed E-state index contributed by atoms with van der Waals surface area (Å²) in [6, 6.07) is 3.67. The molecule has 2 aromatic heterocycles. The fraction of sp³-hybridized carbons (Fsp3) is 0.333. The lowest BCUT2D eigenvalue weighted by molar-refractivity contribution is 0.720. The Labute approximate surface area is 116 Å². The molecule has 0 fully saturated rings. The van der Waals surface area contributed by atoms with E-state index >= 15 is 0 Å². The SMILES string of the molecule is CCc1nn(C)c(CSc2ncccc2N)c1Cl. The van der Waals surface area contributed by atoms with E-state index in [0.717, 1.165) is 27.9 Å². The van der Waals surface area contributed by atoms with E-state index in [1.807, 2.05) is 30.8 Å². The van der Waals surface area contributed by atoms with Crippen LogP contribution >= 0.6 is 23.4 Å². The topological polar surface area (TPSA) is 56.7 Å². The van der Waals surface area contributed by atoms with E-state index in [2.05, 4.69) is 10.1 Å². The monoisotopic (exact) mass is 282 g/mol. The smallest absolute Gasteiger partial charge is 0.119 e. The molecule has 96 valence electrons. The van der Waals surface area contributed by atoms with E-state index in [1.165, 1.54) is 0 Å². The molecule has 0 saturated heterocycles. The summed E-state index contributed by atoms with van der Waals surface area (Å²) >= 11 is 7.86. The predicted molar refractivity (Wildman–Crippen MR) is 75.8 cm³/mol. The largest absolute Gasteiger partial charge is 0.397 e. The second kappa shape index (κ2) is 5.63. The van der Waals surface area contributed by atoms with Gasteiger partial charge in [0.1, 0.15) is 5.03 Å². The Kier molecular flexibility index (Phi) is 4.14. The van der Waals surface area contributed by atoms with Crippen LogP contribution in [-0.2, 0) is 19.2 Å². The van der Waals surface area contributed by atoms with Gasteiger partial charge in [0.15, 0.2) is 0 Å². The number of pyridine rings is 1. The Morgan fingerprint density at radius 2 is 2.28 bits per heavy atom. The number of nitrogens with two attached hydrogens (primary N) is 1. The molecular weight excluding hydrogens is 268 g/mol. The molecule has 2 heterocycles. The molecule has 0 aliphatic heterocycles. The average Bonchev–Trinajstić information content (AvgIpc) is 2.64. The van der Waals surface area contributed by atoms with Gasteiger partial charge in [0, 0.05) is 19.0 Å². The quantitative estimate of drug-likeness (QED) is 0.876. The summed E-state index contributed by atoms with van der Waals surface area (Å²) in [5.74, 6) is 0.712. The Bertz CT molecular complexity index is 553. The highest BCUT2D eigenvalue weighted by Gasteiger charge is 2.13. The summed E-state index contributed by atoms with van der Waals surface area (Å²) < 4.78 is 1.83. The molecule has 0 radical (unpaired) electrons. The summed E-state index contributed by atoms with van der Waals surface area (Å²) in [7, 11) is 1.91. The maximum Gasteiger partial charge on any atom is 0.119 e. The van der Waals surface area contributed by atoms with Gasteiger partial charge in [0.2, 0.25) is 0 Å².